The summed E-state index contributed by atoms with van der Waals surface area (Å²) in [6.45, 7) is 0. The number of sulfone groups is 1. The fourth-order valence-electron chi connectivity index (χ4n) is 2.36. The number of hydrogen-bond donors (Lipinski definition) is 0. The lowest BCUT2D eigenvalue weighted by Gasteiger charge is -2.13. The highest BCUT2D eigenvalue weighted by molar-refractivity contribution is 7.90. The molecule has 0 aliphatic rings. The van der Waals surface area contributed by atoms with Crippen molar-refractivity contribution in [1.29, 1.82) is 0 Å². The standard InChI is InChI=1S/C17H14N2O2S/c1-22(20,21)15-9-11-19-17(14-8-5-10-18-12-14)16(15)13-6-3-2-4-7-13/h2-12H,1H3. The summed E-state index contributed by atoms with van der Waals surface area (Å²) in [6.07, 6.45) is 6.08. The van der Waals surface area contributed by atoms with Gasteiger partial charge >= 0.3 is 0 Å². The van der Waals surface area contributed by atoms with Crippen LogP contribution in [-0.4, -0.2) is 24.6 Å². The van der Waals surface area contributed by atoms with Gasteiger partial charge in [-0.3, -0.25) is 9.97 Å². The van der Waals surface area contributed by atoms with Crippen LogP contribution >= 0.6 is 0 Å². The number of hydrogen-bond acceptors (Lipinski definition) is 4. The predicted octanol–water partition coefficient (Wildman–Crippen LogP) is 3.21. The van der Waals surface area contributed by atoms with Gasteiger partial charge in [-0.05, 0) is 23.8 Å². The molecule has 0 aliphatic heterocycles. The van der Waals surface area contributed by atoms with Gasteiger partial charge < -0.3 is 0 Å². The summed E-state index contributed by atoms with van der Waals surface area (Å²) < 4.78 is 24.3. The molecule has 0 spiro atoms. The van der Waals surface area contributed by atoms with Crippen LogP contribution in [0.2, 0.25) is 0 Å². The minimum atomic E-state index is -3.37. The lowest BCUT2D eigenvalue weighted by molar-refractivity contribution is 0.602. The second-order valence-electron chi connectivity index (χ2n) is 4.91. The third-order valence-corrected chi connectivity index (χ3v) is 4.45. The third kappa shape index (κ3) is 2.76. The molecule has 110 valence electrons. The number of nitrogens with zero attached hydrogens (tertiary/aromatic N) is 2. The van der Waals surface area contributed by atoms with Crippen LogP contribution in [-0.2, 0) is 9.84 Å². The van der Waals surface area contributed by atoms with Crippen molar-refractivity contribution in [2.45, 2.75) is 4.90 Å². The minimum absolute atomic E-state index is 0.271. The molecule has 0 saturated carbocycles. The monoisotopic (exact) mass is 310 g/mol. The maximum Gasteiger partial charge on any atom is 0.176 e. The molecule has 0 fully saturated rings. The Balaban J connectivity index is 2.37. The summed E-state index contributed by atoms with van der Waals surface area (Å²) in [7, 11) is -3.37. The largest absolute Gasteiger partial charge is 0.264 e. The van der Waals surface area contributed by atoms with Gasteiger partial charge in [-0.15, -0.1) is 0 Å². The summed E-state index contributed by atoms with van der Waals surface area (Å²) in [5.41, 5.74) is 2.82. The van der Waals surface area contributed by atoms with Crippen LogP contribution in [0.1, 0.15) is 0 Å². The zero-order valence-corrected chi connectivity index (χ0v) is 12.8. The van der Waals surface area contributed by atoms with E-state index in [0.29, 0.717) is 11.3 Å². The summed E-state index contributed by atoms with van der Waals surface area (Å²) >= 11 is 0. The fraction of sp³-hybridized carbons (Fsp3) is 0.0588. The van der Waals surface area contributed by atoms with Crippen molar-refractivity contribution in [3.63, 3.8) is 0 Å². The summed E-state index contributed by atoms with van der Waals surface area (Å²) in [4.78, 5) is 8.76. The lowest BCUT2D eigenvalue weighted by atomic mass is 10.0. The van der Waals surface area contributed by atoms with E-state index in [9.17, 15) is 8.42 Å². The predicted molar refractivity (Wildman–Crippen MR) is 86.0 cm³/mol. The molecule has 3 rings (SSSR count). The quantitative estimate of drug-likeness (QED) is 0.745. The van der Waals surface area contributed by atoms with Crippen LogP contribution in [0.25, 0.3) is 22.4 Å². The van der Waals surface area contributed by atoms with Crippen molar-refractivity contribution in [3.8, 4) is 22.4 Å². The van der Waals surface area contributed by atoms with Crippen molar-refractivity contribution in [1.82, 2.24) is 9.97 Å². The highest BCUT2D eigenvalue weighted by Crippen LogP contribution is 2.35. The number of benzene rings is 1. The van der Waals surface area contributed by atoms with Gasteiger partial charge in [0.05, 0.1) is 10.6 Å². The van der Waals surface area contributed by atoms with Crippen molar-refractivity contribution >= 4 is 9.84 Å². The minimum Gasteiger partial charge on any atom is -0.264 e. The van der Waals surface area contributed by atoms with E-state index < -0.39 is 9.84 Å². The summed E-state index contributed by atoms with van der Waals surface area (Å²) in [5.74, 6) is 0. The zero-order chi connectivity index (χ0) is 15.6. The van der Waals surface area contributed by atoms with E-state index in [1.54, 1.807) is 18.5 Å². The summed E-state index contributed by atoms with van der Waals surface area (Å²) in [6, 6.07) is 14.6. The average Bonchev–Trinajstić information content (AvgIpc) is 2.55. The number of rotatable bonds is 3. The highest BCUT2D eigenvalue weighted by atomic mass is 32.2. The van der Waals surface area contributed by atoms with Gasteiger partial charge in [0.25, 0.3) is 0 Å². The molecule has 0 N–H and O–H groups in total. The Kier molecular flexibility index (Phi) is 3.73. The van der Waals surface area contributed by atoms with Gasteiger partial charge in [0.1, 0.15) is 0 Å². The van der Waals surface area contributed by atoms with Gasteiger partial charge in [-0.2, -0.15) is 0 Å². The molecule has 0 radical (unpaired) electrons. The normalized spacial score (nSPS) is 11.3. The van der Waals surface area contributed by atoms with Crippen LogP contribution in [0.4, 0.5) is 0 Å². The van der Waals surface area contributed by atoms with Gasteiger partial charge in [0.2, 0.25) is 0 Å². The van der Waals surface area contributed by atoms with Crippen molar-refractivity contribution in [2.75, 3.05) is 6.26 Å². The second-order valence-corrected chi connectivity index (χ2v) is 6.90. The molecule has 0 atom stereocenters. The molecule has 0 bridgehead atoms. The van der Waals surface area contributed by atoms with E-state index in [1.165, 1.54) is 18.5 Å². The second kappa shape index (κ2) is 5.69. The van der Waals surface area contributed by atoms with Crippen LogP contribution < -0.4 is 0 Å². The first-order valence-electron chi connectivity index (χ1n) is 6.72. The molecule has 3 aromatic rings. The smallest absolute Gasteiger partial charge is 0.176 e. The first kappa shape index (κ1) is 14.4. The lowest BCUT2D eigenvalue weighted by Crippen LogP contribution is -2.03. The molecule has 0 aliphatic carbocycles. The highest BCUT2D eigenvalue weighted by Gasteiger charge is 2.19. The van der Waals surface area contributed by atoms with Crippen molar-refractivity contribution in [3.05, 3.63) is 67.1 Å². The van der Waals surface area contributed by atoms with Crippen LogP contribution in [0, 0.1) is 0 Å². The Bertz CT molecular complexity index is 892. The Morgan fingerprint density at radius 3 is 2.23 bits per heavy atom. The maximum atomic E-state index is 12.2. The van der Waals surface area contributed by atoms with E-state index >= 15 is 0 Å². The van der Waals surface area contributed by atoms with Gasteiger partial charge in [0, 0.05) is 36.0 Å². The van der Waals surface area contributed by atoms with E-state index in [2.05, 4.69) is 9.97 Å². The Morgan fingerprint density at radius 2 is 1.59 bits per heavy atom. The Morgan fingerprint density at radius 1 is 0.864 bits per heavy atom. The van der Waals surface area contributed by atoms with Gasteiger partial charge in [-0.25, -0.2) is 8.42 Å². The van der Waals surface area contributed by atoms with E-state index in [-0.39, 0.29) is 4.90 Å². The molecular weight excluding hydrogens is 296 g/mol. The van der Waals surface area contributed by atoms with Crippen LogP contribution in [0.3, 0.4) is 0 Å². The SMILES string of the molecule is CS(=O)(=O)c1ccnc(-c2cccnc2)c1-c1ccccc1. The molecule has 1 aromatic carbocycles. The van der Waals surface area contributed by atoms with Crippen molar-refractivity contribution in [2.24, 2.45) is 0 Å². The maximum absolute atomic E-state index is 12.2. The number of aromatic nitrogens is 2. The topological polar surface area (TPSA) is 59.9 Å². The molecule has 4 nitrogen and oxygen atoms in total. The van der Waals surface area contributed by atoms with Crippen LogP contribution in [0.15, 0.2) is 72.0 Å². The summed E-state index contributed by atoms with van der Waals surface area (Å²) in [5, 5.41) is 0. The molecule has 2 aromatic heterocycles. The first-order valence-corrected chi connectivity index (χ1v) is 8.61. The van der Waals surface area contributed by atoms with Crippen LogP contribution in [0.5, 0.6) is 0 Å². The number of pyridine rings is 2. The molecule has 5 heteroatoms. The molecule has 22 heavy (non-hydrogen) atoms. The Hall–Kier alpha value is -2.53. The average molecular weight is 310 g/mol. The molecular formula is C17H14N2O2S. The molecule has 0 unspecified atom stereocenters. The first-order chi connectivity index (χ1) is 10.6. The fourth-order valence-corrected chi connectivity index (χ4v) is 3.25. The van der Waals surface area contributed by atoms with E-state index in [4.69, 9.17) is 0 Å². The zero-order valence-electron chi connectivity index (χ0n) is 12.0. The van der Waals surface area contributed by atoms with E-state index in [0.717, 1.165) is 11.1 Å². The molecule has 0 saturated heterocycles. The van der Waals surface area contributed by atoms with Gasteiger partial charge in [0.15, 0.2) is 9.84 Å². The van der Waals surface area contributed by atoms with E-state index in [1.807, 2.05) is 36.4 Å². The molecule has 2 heterocycles. The van der Waals surface area contributed by atoms with Crippen molar-refractivity contribution < 1.29 is 8.42 Å². The molecule has 0 amide bonds. The Labute approximate surface area is 129 Å². The third-order valence-electron chi connectivity index (χ3n) is 3.31. The van der Waals surface area contributed by atoms with Gasteiger partial charge in [-0.1, -0.05) is 30.3 Å².